The van der Waals surface area contributed by atoms with Gasteiger partial charge in [-0.3, -0.25) is 4.79 Å². The van der Waals surface area contributed by atoms with E-state index in [1.807, 2.05) is 0 Å². The predicted molar refractivity (Wildman–Crippen MR) is 169 cm³/mol. The van der Waals surface area contributed by atoms with Crippen LogP contribution >= 0.6 is 23.3 Å². The number of thiophene rings is 1. The maximum Gasteiger partial charge on any atom is 0.290 e. The molecule has 40 heavy (non-hydrogen) atoms. The number of rotatable bonds is 2. The van der Waals surface area contributed by atoms with Gasteiger partial charge in [-0.25, -0.2) is 9.97 Å². The van der Waals surface area contributed by atoms with Crippen molar-refractivity contribution in [3.63, 3.8) is 0 Å². The Labute approximate surface area is 246 Å². The highest BCUT2D eigenvalue weighted by Crippen LogP contribution is 2.37. The first kappa shape index (κ1) is 29.6. The molecule has 0 saturated carbocycles. The fraction of sp³-hybridized carbons (Fsp3) is 0.344. The van der Waals surface area contributed by atoms with Gasteiger partial charge in [0.15, 0.2) is 0 Å². The first-order valence-corrected chi connectivity index (χ1v) is 15.4. The van der Waals surface area contributed by atoms with Crippen molar-refractivity contribution < 1.29 is 9.90 Å². The number of nitrogens with zero attached hydrogens (tertiary/aromatic N) is 3. The maximum atomic E-state index is 8.36. The summed E-state index contributed by atoms with van der Waals surface area (Å²) in [5.41, 5.74) is 5.06. The van der Waals surface area contributed by atoms with Crippen LogP contribution in [0, 0.1) is 5.41 Å². The number of hydrogen-bond donors (Lipinski definition) is 2. The predicted octanol–water partition coefficient (Wildman–Crippen LogP) is 8.66. The number of carbonyl (C=O) groups is 1. The zero-order chi connectivity index (χ0) is 28.4. The average Bonchev–Trinajstić information content (AvgIpc) is 3.48. The lowest BCUT2D eigenvalue weighted by Crippen LogP contribution is -2.34. The molecule has 0 saturated heterocycles. The van der Waals surface area contributed by atoms with Crippen LogP contribution in [-0.4, -0.2) is 34.6 Å². The number of fused-ring (bicyclic) bond motifs is 6. The van der Waals surface area contributed by atoms with E-state index in [-0.39, 0.29) is 11.9 Å². The van der Waals surface area contributed by atoms with E-state index in [0.29, 0.717) is 0 Å². The second-order valence-electron chi connectivity index (χ2n) is 11.0. The molecule has 5 rings (SSSR count). The van der Waals surface area contributed by atoms with Gasteiger partial charge in [-0.05, 0) is 66.0 Å². The summed E-state index contributed by atoms with van der Waals surface area (Å²) in [6.45, 7) is 8.68. The number of hydrogen-bond acceptors (Lipinski definition) is 7. The van der Waals surface area contributed by atoms with Crippen LogP contribution in [0.4, 0.5) is 11.6 Å². The first-order valence-electron chi connectivity index (χ1n) is 13.7. The van der Waals surface area contributed by atoms with Crippen molar-refractivity contribution in [3.8, 4) is 21.7 Å². The number of carboxylic acid groups (broad SMARTS) is 1. The molecular formula is C32H38N4O2S2. The molecular weight excluding hydrogens is 537 g/mol. The molecule has 0 radical (unpaired) electrons. The van der Waals surface area contributed by atoms with Gasteiger partial charge >= 0.3 is 0 Å². The molecule has 1 aromatic carbocycles. The molecule has 4 bridgehead atoms. The summed E-state index contributed by atoms with van der Waals surface area (Å²) in [5, 5.41) is 9.97. The molecule has 0 atom stereocenters. The lowest BCUT2D eigenvalue weighted by Gasteiger charge is -2.31. The van der Waals surface area contributed by atoms with Crippen molar-refractivity contribution in [2.45, 2.75) is 57.9 Å². The topological polar surface area (TPSA) is 78.4 Å². The molecule has 3 aromatic heterocycles. The van der Waals surface area contributed by atoms with Crippen LogP contribution < -0.4 is 9.62 Å². The van der Waals surface area contributed by atoms with Gasteiger partial charge in [0, 0.05) is 41.0 Å². The number of aryl methyl sites for hydroxylation is 1. The highest BCUT2D eigenvalue weighted by Gasteiger charge is 2.19. The third-order valence-corrected chi connectivity index (χ3v) is 8.19. The summed E-state index contributed by atoms with van der Waals surface area (Å²) in [6.07, 6.45) is 5.90. The zero-order valence-corrected chi connectivity index (χ0v) is 25.1. The van der Waals surface area contributed by atoms with Crippen molar-refractivity contribution in [2.24, 2.45) is 5.41 Å². The van der Waals surface area contributed by atoms with Crippen molar-refractivity contribution >= 4 is 41.4 Å². The highest BCUT2D eigenvalue weighted by atomic mass is 32.2. The van der Waals surface area contributed by atoms with Crippen LogP contribution in [0.3, 0.4) is 0 Å². The van der Waals surface area contributed by atoms with Crippen LogP contribution in [0.15, 0.2) is 77.1 Å². The third kappa shape index (κ3) is 8.32. The monoisotopic (exact) mass is 574 g/mol. The van der Waals surface area contributed by atoms with E-state index < -0.39 is 0 Å². The van der Waals surface area contributed by atoms with Gasteiger partial charge in [-0.1, -0.05) is 70.0 Å². The lowest BCUT2D eigenvalue weighted by atomic mass is 9.95. The van der Waals surface area contributed by atoms with Gasteiger partial charge in [-0.15, -0.1) is 11.3 Å². The summed E-state index contributed by atoms with van der Waals surface area (Å²) in [6, 6.07) is 23.7. The molecule has 0 amide bonds. The zero-order valence-electron chi connectivity index (χ0n) is 23.5. The normalized spacial score (nSPS) is 14.1. The summed E-state index contributed by atoms with van der Waals surface area (Å²) < 4.78 is 3.48. The molecule has 210 valence electrons. The Balaban J connectivity index is 0.00000118. The molecule has 4 aromatic rings. The van der Waals surface area contributed by atoms with Crippen LogP contribution in [-0.2, 0) is 11.2 Å². The molecule has 0 unspecified atom stereocenters. The number of pyridine rings is 2. The molecule has 4 heterocycles. The number of aromatic nitrogens is 2. The van der Waals surface area contributed by atoms with Gasteiger partial charge in [0.1, 0.15) is 16.7 Å². The van der Waals surface area contributed by atoms with Gasteiger partial charge in [0.25, 0.3) is 6.47 Å². The number of nitrogens with one attached hydrogen (secondary N) is 1. The SMILES string of the molecule is CC(C)(C)CN1CCCCCCc2ccccc2-c2nc(ccc2-c2cccs2)NSc2cccc1n2.O=CO. The second kappa shape index (κ2) is 14.3. The molecule has 2 N–H and O–H groups in total. The molecule has 0 fully saturated rings. The van der Waals surface area contributed by atoms with Crippen molar-refractivity contribution in [3.05, 3.63) is 77.7 Å². The number of benzene rings is 1. The third-order valence-electron chi connectivity index (χ3n) is 6.54. The Morgan fingerprint density at radius 1 is 0.925 bits per heavy atom. The van der Waals surface area contributed by atoms with E-state index in [9.17, 15) is 0 Å². The summed E-state index contributed by atoms with van der Waals surface area (Å²) >= 11 is 3.29. The Bertz CT molecular complexity index is 1370. The van der Waals surface area contributed by atoms with Crippen LogP contribution in [0.2, 0.25) is 0 Å². The quantitative estimate of drug-likeness (QED) is 0.183. The van der Waals surface area contributed by atoms with Crippen molar-refractivity contribution in [1.29, 1.82) is 0 Å². The number of anilines is 2. The van der Waals surface area contributed by atoms with Crippen molar-refractivity contribution in [1.82, 2.24) is 9.97 Å². The van der Waals surface area contributed by atoms with E-state index in [2.05, 4.69) is 103 Å². The van der Waals surface area contributed by atoms with Crippen LogP contribution in [0.1, 0.15) is 52.0 Å². The van der Waals surface area contributed by atoms with E-state index in [1.54, 1.807) is 11.3 Å². The van der Waals surface area contributed by atoms with E-state index in [1.165, 1.54) is 59.2 Å². The largest absolute Gasteiger partial charge is 0.483 e. The second-order valence-corrected chi connectivity index (χ2v) is 12.8. The Morgan fingerprint density at radius 3 is 2.50 bits per heavy atom. The Kier molecular flexibility index (Phi) is 10.6. The summed E-state index contributed by atoms with van der Waals surface area (Å²) in [4.78, 5) is 22.2. The van der Waals surface area contributed by atoms with Crippen LogP contribution in [0.25, 0.3) is 21.7 Å². The van der Waals surface area contributed by atoms with E-state index in [4.69, 9.17) is 19.9 Å². The average molecular weight is 575 g/mol. The molecule has 8 heteroatoms. The van der Waals surface area contributed by atoms with Gasteiger partial charge in [-0.2, -0.15) is 0 Å². The Hall–Kier alpha value is -3.36. The fourth-order valence-corrected chi connectivity index (χ4v) is 6.24. The minimum absolute atomic E-state index is 0.205. The van der Waals surface area contributed by atoms with Gasteiger partial charge in [0.2, 0.25) is 0 Å². The standard InChI is InChI=1S/C31H36N4S2.CH2O2/c1-31(2,3)22-35-20-9-5-4-6-12-23-13-7-8-14-24(23)30-25(26-15-11-21-36-26)18-19-27(32-30)34-37-29-17-10-16-28(35)33-29;2-1-3/h7-8,10-11,13-19,21H,4-6,9,12,20,22H2,1-3H3,(H,32,34);1H,(H,2,3). The molecule has 0 spiro atoms. The summed E-state index contributed by atoms with van der Waals surface area (Å²) in [5.74, 6) is 1.90. The highest BCUT2D eigenvalue weighted by molar-refractivity contribution is 8.00. The summed E-state index contributed by atoms with van der Waals surface area (Å²) in [7, 11) is 0. The lowest BCUT2D eigenvalue weighted by molar-refractivity contribution is -0.122. The van der Waals surface area contributed by atoms with E-state index >= 15 is 0 Å². The van der Waals surface area contributed by atoms with Gasteiger partial charge in [0.05, 0.1) is 5.69 Å². The molecule has 0 aliphatic carbocycles. The van der Waals surface area contributed by atoms with Crippen molar-refractivity contribution in [2.75, 3.05) is 22.7 Å². The Morgan fingerprint density at radius 2 is 1.73 bits per heavy atom. The maximum absolute atomic E-state index is 8.36. The smallest absolute Gasteiger partial charge is 0.290 e. The van der Waals surface area contributed by atoms with Gasteiger partial charge < -0.3 is 14.7 Å². The van der Waals surface area contributed by atoms with E-state index in [0.717, 1.165) is 41.9 Å². The van der Waals surface area contributed by atoms with Crippen LogP contribution in [0.5, 0.6) is 0 Å². The fourth-order valence-electron chi connectivity index (χ4n) is 4.88. The first-order chi connectivity index (χ1) is 19.4. The molecule has 6 nitrogen and oxygen atoms in total. The molecule has 1 aliphatic rings. The minimum atomic E-state index is -0.250. The minimum Gasteiger partial charge on any atom is -0.483 e. The molecule has 1 aliphatic heterocycles.